The number of likely N-dealkylation sites (N-methyl/N-ethyl adjacent to an activating group) is 1. The summed E-state index contributed by atoms with van der Waals surface area (Å²) in [6, 6.07) is 13.3. The number of hydrogen-bond acceptors (Lipinski definition) is 8. The first-order valence-corrected chi connectivity index (χ1v) is 17.8. The van der Waals surface area contributed by atoms with Crippen molar-refractivity contribution < 1.29 is 39.8 Å². The van der Waals surface area contributed by atoms with E-state index in [1.54, 1.807) is 29.2 Å². The van der Waals surface area contributed by atoms with Crippen molar-refractivity contribution in [2.45, 2.75) is 55.8 Å². The molecule has 0 amide bonds. The van der Waals surface area contributed by atoms with Crippen LogP contribution in [0.3, 0.4) is 0 Å². The smallest absolute Gasteiger partial charge is 0.416 e. The summed E-state index contributed by atoms with van der Waals surface area (Å²) in [4.78, 5) is 10.7. The Bertz CT molecular complexity index is 1910. The molecular formula is C36H40F5N5O4S. The monoisotopic (exact) mass is 733 g/mol. The summed E-state index contributed by atoms with van der Waals surface area (Å²) in [5.74, 6) is -1.93. The number of sulfonamides is 1. The van der Waals surface area contributed by atoms with Crippen molar-refractivity contribution in [2.75, 3.05) is 50.1 Å². The summed E-state index contributed by atoms with van der Waals surface area (Å²) < 4.78 is 112. The molecule has 5 rings (SSSR count). The first kappa shape index (κ1) is 37.7. The van der Waals surface area contributed by atoms with Crippen molar-refractivity contribution in [3.05, 3.63) is 102 Å². The van der Waals surface area contributed by atoms with Gasteiger partial charge in [0, 0.05) is 48.2 Å². The van der Waals surface area contributed by atoms with Crippen LogP contribution >= 0.6 is 0 Å². The van der Waals surface area contributed by atoms with Crippen LogP contribution in [0.4, 0.5) is 33.5 Å². The molecule has 0 spiro atoms. The molecule has 2 heterocycles. The van der Waals surface area contributed by atoms with Gasteiger partial charge in [-0.15, -0.1) is 0 Å². The summed E-state index contributed by atoms with van der Waals surface area (Å²) in [6.07, 6.45) is 0.192. The topological polar surface area (TPSA) is 88.1 Å². The van der Waals surface area contributed by atoms with E-state index in [4.69, 9.17) is 9.47 Å². The van der Waals surface area contributed by atoms with Gasteiger partial charge in [0.25, 0.3) is 10.0 Å². The van der Waals surface area contributed by atoms with E-state index in [0.717, 1.165) is 34.9 Å². The number of rotatable bonds is 13. The van der Waals surface area contributed by atoms with Gasteiger partial charge < -0.3 is 14.4 Å². The molecular weight excluding hydrogens is 693 g/mol. The highest BCUT2D eigenvalue weighted by Gasteiger charge is 2.40. The molecule has 274 valence electrons. The zero-order valence-electron chi connectivity index (χ0n) is 28.8. The lowest BCUT2D eigenvalue weighted by Crippen LogP contribution is -2.58. The van der Waals surface area contributed by atoms with E-state index in [9.17, 15) is 21.6 Å². The second-order valence-electron chi connectivity index (χ2n) is 12.5. The van der Waals surface area contributed by atoms with E-state index in [1.807, 2.05) is 14.0 Å². The summed E-state index contributed by atoms with van der Waals surface area (Å²) in [7, 11) is -0.106. The number of anilines is 2. The van der Waals surface area contributed by atoms with E-state index in [0.29, 0.717) is 67.9 Å². The van der Waals surface area contributed by atoms with Gasteiger partial charge in [-0.2, -0.15) is 13.2 Å². The number of alkyl halides is 3. The minimum absolute atomic E-state index is 0.116. The average Bonchev–Trinajstić information content (AvgIpc) is 3.12. The number of nitrogens with zero attached hydrogens (tertiary/aromatic N) is 5. The van der Waals surface area contributed by atoms with Crippen LogP contribution < -0.4 is 18.7 Å². The maximum Gasteiger partial charge on any atom is 0.416 e. The van der Waals surface area contributed by atoms with Gasteiger partial charge in [0.05, 0.1) is 26.3 Å². The van der Waals surface area contributed by atoms with Gasteiger partial charge in [0.2, 0.25) is 0 Å². The van der Waals surface area contributed by atoms with Gasteiger partial charge in [0.1, 0.15) is 35.3 Å². The second-order valence-corrected chi connectivity index (χ2v) is 14.3. The molecule has 1 atom stereocenters. The number of ether oxygens (including phenoxy) is 2. The number of piperidine rings is 1. The number of hydrogen-bond donors (Lipinski definition) is 0. The third kappa shape index (κ3) is 8.19. The van der Waals surface area contributed by atoms with Gasteiger partial charge in [0.15, 0.2) is 4.90 Å². The Labute approximate surface area is 294 Å². The first-order chi connectivity index (χ1) is 24.2. The third-order valence-electron chi connectivity index (χ3n) is 9.50. The minimum Gasteiger partial charge on any atom is -0.497 e. The molecule has 15 heteroatoms. The van der Waals surface area contributed by atoms with Gasteiger partial charge in [-0.1, -0.05) is 25.1 Å². The molecule has 1 saturated heterocycles. The number of methoxy groups -OCH3 is 2. The van der Waals surface area contributed by atoms with Crippen LogP contribution in [-0.4, -0.2) is 69.7 Å². The Kier molecular flexibility index (Phi) is 11.4. The van der Waals surface area contributed by atoms with E-state index >= 15 is 8.78 Å². The zero-order chi connectivity index (χ0) is 37.0. The molecule has 9 nitrogen and oxygen atoms in total. The Balaban J connectivity index is 1.46. The summed E-state index contributed by atoms with van der Waals surface area (Å²) >= 11 is 0. The van der Waals surface area contributed by atoms with Crippen LogP contribution in [0, 0.1) is 11.6 Å². The highest BCUT2D eigenvalue weighted by molar-refractivity contribution is 7.92. The standard InChI is InChI=1S/C36H40F5N5O4S/c1-5-44(2)35(15-12-25-8-6-9-27(18-25)36(39,40)41)14-7-17-45(23-35)28-19-30(37)34(31(38)20-28)51(47,48)46(33-13-16-42-24-43-33)22-26-10-11-29(49-3)21-32(26)50-4/h6,8-11,13,16,18-21,24H,5,7,12,14-15,17,22-23H2,1-4H3. The lowest BCUT2D eigenvalue weighted by molar-refractivity contribution is -0.137. The Morgan fingerprint density at radius 3 is 2.37 bits per heavy atom. The van der Waals surface area contributed by atoms with Gasteiger partial charge in [-0.3, -0.25) is 4.90 Å². The Morgan fingerprint density at radius 1 is 1.00 bits per heavy atom. The average molecular weight is 734 g/mol. The van der Waals surface area contributed by atoms with Crippen molar-refractivity contribution in [3.63, 3.8) is 0 Å². The van der Waals surface area contributed by atoms with Crippen molar-refractivity contribution in [1.82, 2.24) is 14.9 Å². The van der Waals surface area contributed by atoms with Crippen LogP contribution in [-0.2, 0) is 29.2 Å². The predicted molar refractivity (Wildman–Crippen MR) is 184 cm³/mol. The number of aryl methyl sites for hydroxylation is 1. The molecule has 3 aromatic carbocycles. The summed E-state index contributed by atoms with van der Waals surface area (Å²) in [6.45, 7) is 2.99. The van der Waals surface area contributed by atoms with E-state index < -0.39 is 43.8 Å². The first-order valence-electron chi connectivity index (χ1n) is 16.3. The van der Waals surface area contributed by atoms with Crippen molar-refractivity contribution in [1.29, 1.82) is 0 Å². The Morgan fingerprint density at radius 2 is 1.75 bits per heavy atom. The molecule has 0 aliphatic carbocycles. The van der Waals surface area contributed by atoms with E-state index in [-0.39, 0.29) is 18.1 Å². The second kappa shape index (κ2) is 15.4. The summed E-state index contributed by atoms with van der Waals surface area (Å²) in [5.41, 5.74) is -0.168. The maximum atomic E-state index is 16.1. The quantitative estimate of drug-likeness (QED) is 0.135. The van der Waals surface area contributed by atoms with E-state index in [2.05, 4.69) is 14.9 Å². The van der Waals surface area contributed by atoms with Crippen molar-refractivity contribution in [2.24, 2.45) is 0 Å². The third-order valence-corrected chi connectivity index (χ3v) is 11.3. The largest absolute Gasteiger partial charge is 0.497 e. The highest BCUT2D eigenvalue weighted by atomic mass is 32.2. The number of benzene rings is 3. The number of halogens is 5. The molecule has 1 fully saturated rings. The fraction of sp³-hybridized carbons (Fsp3) is 0.389. The molecule has 1 aliphatic rings. The van der Waals surface area contributed by atoms with Crippen LogP contribution in [0.2, 0.25) is 0 Å². The zero-order valence-corrected chi connectivity index (χ0v) is 29.6. The predicted octanol–water partition coefficient (Wildman–Crippen LogP) is 7.11. The molecule has 0 saturated carbocycles. The molecule has 4 aromatic rings. The molecule has 1 unspecified atom stereocenters. The fourth-order valence-electron chi connectivity index (χ4n) is 6.60. The Hall–Kier alpha value is -4.50. The fourth-order valence-corrected chi connectivity index (χ4v) is 8.09. The normalized spacial score (nSPS) is 16.7. The minimum atomic E-state index is -4.90. The van der Waals surface area contributed by atoms with Crippen LogP contribution in [0.1, 0.15) is 42.9 Å². The van der Waals surface area contributed by atoms with Crippen LogP contribution in [0.15, 0.2) is 78.1 Å². The van der Waals surface area contributed by atoms with Gasteiger partial charge in [-0.05, 0) is 75.2 Å². The molecule has 1 aromatic heterocycles. The van der Waals surface area contributed by atoms with Gasteiger partial charge in [-0.25, -0.2) is 31.5 Å². The van der Waals surface area contributed by atoms with Crippen LogP contribution in [0.5, 0.6) is 11.5 Å². The molecule has 1 aliphatic heterocycles. The lowest BCUT2D eigenvalue weighted by Gasteiger charge is -2.49. The molecule has 0 N–H and O–H groups in total. The van der Waals surface area contributed by atoms with Crippen molar-refractivity contribution >= 4 is 21.5 Å². The molecule has 0 radical (unpaired) electrons. The summed E-state index contributed by atoms with van der Waals surface area (Å²) in [5, 5.41) is 0. The number of aromatic nitrogens is 2. The van der Waals surface area contributed by atoms with E-state index in [1.165, 1.54) is 32.5 Å². The van der Waals surface area contributed by atoms with Crippen LogP contribution in [0.25, 0.3) is 0 Å². The highest BCUT2D eigenvalue weighted by Crippen LogP contribution is 2.38. The molecule has 51 heavy (non-hydrogen) atoms. The lowest BCUT2D eigenvalue weighted by atomic mass is 9.81. The van der Waals surface area contributed by atoms with Gasteiger partial charge >= 0.3 is 6.18 Å². The maximum absolute atomic E-state index is 16.1. The van der Waals surface area contributed by atoms with Crippen molar-refractivity contribution in [3.8, 4) is 11.5 Å². The molecule has 0 bridgehead atoms. The SMILES string of the molecule is CCN(C)C1(CCc2cccc(C(F)(F)F)c2)CCCN(c2cc(F)c(S(=O)(=O)N(Cc3ccc(OC)cc3OC)c3ccncn3)c(F)c2)C1.